The van der Waals surface area contributed by atoms with E-state index in [2.05, 4.69) is 27.6 Å². The number of fused-ring (bicyclic) bond motifs is 1. The lowest BCUT2D eigenvalue weighted by Gasteiger charge is -2.17. The van der Waals surface area contributed by atoms with E-state index in [1.807, 2.05) is 17.0 Å². The maximum Gasteiger partial charge on any atom is 0.245 e. The Morgan fingerprint density at radius 1 is 1.12 bits per heavy atom. The highest BCUT2D eigenvalue weighted by Gasteiger charge is 2.28. The Hall–Kier alpha value is -4.13. The molecular formula is C26H21FN4O2. The van der Waals surface area contributed by atoms with Crippen molar-refractivity contribution in [3.05, 3.63) is 91.3 Å². The number of likely N-dealkylation sites (tertiary alicyclic amines) is 1. The molecule has 3 heterocycles. The van der Waals surface area contributed by atoms with Crippen molar-refractivity contribution in [2.45, 2.75) is 12.3 Å². The molecule has 1 amide bonds. The Morgan fingerprint density at radius 2 is 2.03 bits per heavy atom. The average Bonchev–Trinajstić information content (AvgIpc) is 3.33. The lowest BCUT2D eigenvalue weighted by atomic mass is 9.92. The Labute approximate surface area is 190 Å². The zero-order valence-corrected chi connectivity index (χ0v) is 17.8. The number of carbonyl (C=O) groups is 1. The number of hydrogen-bond acceptors (Lipinski definition) is 5. The van der Waals surface area contributed by atoms with E-state index in [9.17, 15) is 9.18 Å². The Morgan fingerprint density at radius 3 is 2.82 bits per heavy atom. The molecule has 0 saturated carbocycles. The standard InChI is InChI=1S/C26H21FN4O2/c1-2-25(32)31-9-8-18(15-31)23-11-19(10-20-13-28-16-30-26(20)23)17-6-7-24(29-14-17)33-22-5-3-4-21(27)12-22/h2-7,10-14,16,18H,1,8-9,15H2. The SMILES string of the molecule is C=CC(=O)N1CCC(c2cc(-c3ccc(Oc4cccc(F)c4)nc3)cc3cncnc23)C1. The molecule has 164 valence electrons. The number of hydrogen-bond donors (Lipinski definition) is 0. The minimum absolute atomic E-state index is 0.0503. The average molecular weight is 440 g/mol. The largest absolute Gasteiger partial charge is 0.439 e. The topological polar surface area (TPSA) is 68.2 Å². The lowest BCUT2D eigenvalue weighted by molar-refractivity contribution is -0.125. The molecule has 4 aromatic rings. The van der Waals surface area contributed by atoms with E-state index in [1.54, 1.807) is 36.9 Å². The van der Waals surface area contributed by atoms with Crippen LogP contribution in [0.25, 0.3) is 22.0 Å². The van der Waals surface area contributed by atoms with E-state index in [4.69, 9.17) is 4.74 Å². The van der Waals surface area contributed by atoms with Gasteiger partial charge in [0.25, 0.3) is 0 Å². The fourth-order valence-electron chi connectivity index (χ4n) is 4.22. The molecule has 0 N–H and O–H groups in total. The van der Waals surface area contributed by atoms with Gasteiger partial charge in [-0.25, -0.2) is 19.3 Å². The van der Waals surface area contributed by atoms with Gasteiger partial charge >= 0.3 is 0 Å². The molecule has 1 atom stereocenters. The zero-order chi connectivity index (χ0) is 22.8. The third kappa shape index (κ3) is 4.30. The number of halogens is 1. The van der Waals surface area contributed by atoms with Gasteiger partial charge in [-0.15, -0.1) is 0 Å². The number of pyridine rings is 1. The van der Waals surface area contributed by atoms with E-state index in [0.717, 1.165) is 34.0 Å². The van der Waals surface area contributed by atoms with E-state index in [1.165, 1.54) is 18.2 Å². The number of rotatable bonds is 5. The molecular weight excluding hydrogens is 419 g/mol. The van der Waals surface area contributed by atoms with E-state index >= 15 is 0 Å². The smallest absolute Gasteiger partial charge is 0.245 e. The lowest BCUT2D eigenvalue weighted by Crippen LogP contribution is -2.26. The van der Waals surface area contributed by atoms with E-state index < -0.39 is 0 Å². The van der Waals surface area contributed by atoms with Crippen LogP contribution in [0.2, 0.25) is 0 Å². The number of nitrogens with zero attached hydrogens (tertiary/aromatic N) is 4. The van der Waals surface area contributed by atoms with Crippen molar-refractivity contribution in [2.24, 2.45) is 0 Å². The first-order valence-corrected chi connectivity index (χ1v) is 10.7. The molecule has 1 fully saturated rings. The van der Waals surface area contributed by atoms with Gasteiger partial charge in [-0.05, 0) is 54.0 Å². The summed E-state index contributed by atoms with van der Waals surface area (Å²) in [5.41, 5.74) is 3.87. The fraction of sp³-hybridized carbons (Fsp3) is 0.154. The molecule has 2 aromatic carbocycles. The Kier molecular flexibility index (Phi) is 5.52. The third-order valence-corrected chi connectivity index (χ3v) is 5.84. The van der Waals surface area contributed by atoms with Crippen LogP contribution in [0.5, 0.6) is 11.6 Å². The molecule has 0 radical (unpaired) electrons. The van der Waals surface area contributed by atoms with Crippen molar-refractivity contribution in [1.82, 2.24) is 19.9 Å². The minimum atomic E-state index is -0.365. The second-order valence-corrected chi connectivity index (χ2v) is 7.94. The van der Waals surface area contributed by atoms with Crippen LogP contribution in [0.15, 0.2) is 79.9 Å². The van der Waals surface area contributed by atoms with Crippen LogP contribution in [-0.2, 0) is 4.79 Å². The molecule has 1 saturated heterocycles. The highest BCUT2D eigenvalue weighted by Crippen LogP contribution is 2.35. The molecule has 5 rings (SSSR count). The first-order chi connectivity index (χ1) is 16.1. The van der Waals surface area contributed by atoms with Crippen LogP contribution < -0.4 is 4.74 Å². The van der Waals surface area contributed by atoms with Crippen LogP contribution in [0.1, 0.15) is 17.9 Å². The summed E-state index contributed by atoms with van der Waals surface area (Å²) in [6.07, 6.45) is 7.30. The summed E-state index contributed by atoms with van der Waals surface area (Å²) in [6.45, 7) is 4.92. The van der Waals surface area contributed by atoms with Crippen LogP contribution in [-0.4, -0.2) is 38.8 Å². The highest BCUT2D eigenvalue weighted by molar-refractivity contribution is 5.89. The first-order valence-electron chi connectivity index (χ1n) is 10.7. The van der Waals surface area contributed by atoms with Gasteiger partial charge in [0.2, 0.25) is 11.8 Å². The molecule has 2 aromatic heterocycles. The fourth-order valence-corrected chi connectivity index (χ4v) is 4.22. The molecule has 6 nitrogen and oxygen atoms in total. The molecule has 0 spiro atoms. The van der Waals surface area contributed by atoms with Gasteiger partial charge in [0.15, 0.2) is 0 Å². The van der Waals surface area contributed by atoms with Crippen LogP contribution in [0, 0.1) is 5.82 Å². The summed E-state index contributed by atoms with van der Waals surface area (Å²) in [7, 11) is 0. The van der Waals surface area contributed by atoms with E-state index in [-0.39, 0.29) is 17.6 Å². The van der Waals surface area contributed by atoms with Gasteiger partial charge in [-0.2, -0.15) is 0 Å². The molecule has 0 aliphatic carbocycles. The van der Waals surface area contributed by atoms with Crippen LogP contribution in [0.4, 0.5) is 4.39 Å². The van der Waals surface area contributed by atoms with Crippen LogP contribution >= 0.6 is 0 Å². The summed E-state index contributed by atoms with van der Waals surface area (Å²) in [5, 5.41) is 0.929. The quantitative estimate of drug-likeness (QED) is 0.403. The monoisotopic (exact) mass is 440 g/mol. The maximum absolute atomic E-state index is 13.4. The van der Waals surface area contributed by atoms with Gasteiger partial charge in [0, 0.05) is 54.5 Å². The van der Waals surface area contributed by atoms with Crippen molar-refractivity contribution < 1.29 is 13.9 Å². The number of benzene rings is 2. The molecule has 1 aliphatic rings. The Balaban J connectivity index is 1.46. The normalized spacial score (nSPS) is 15.5. The van der Waals surface area contributed by atoms with Crippen molar-refractivity contribution in [3.8, 4) is 22.8 Å². The molecule has 1 aliphatic heterocycles. The van der Waals surface area contributed by atoms with Gasteiger partial charge in [0.05, 0.1) is 5.52 Å². The number of carbonyl (C=O) groups excluding carboxylic acids is 1. The summed E-state index contributed by atoms with van der Waals surface area (Å²) >= 11 is 0. The predicted molar refractivity (Wildman–Crippen MR) is 123 cm³/mol. The Bertz CT molecular complexity index is 1340. The van der Waals surface area contributed by atoms with Crippen molar-refractivity contribution in [1.29, 1.82) is 0 Å². The van der Waals surface area contributed by atoms with Gasteiger partial charge in [-0.1, -0.05) is 12.6 Å². The van der Waals surface area contributed by atoms with Crippen molar-refractivity contribution in [2.75, 3.05) is 13.1 Å². The number of aromatic nitrogens is 3. The summed E-state index contributed by atoms with van der Waals surface area (Å²) in [4.78, 5) is 27.0. The first kappa shape index (κ1) is 20.8. The molecule has 33 heavy (non-hydrogen) atoms. The van der Waals surface area contributed by atoms with Crippen molar-refractivity contribution in [3.63, 3.8) is 0 Å². The zero-order valence-electron chi connectivity index (χ0n) is 17.8. The molecule has 7 heteroatoms. The summed E-state index contributed by atoms with van der Waals surface area (Å²) < 4.78 is 19.1. The molecule has 1 unspecified atom stereocenters. The van der Waals surface area contributed by atoms with Gasteiger partial charge in [-0.3, -0.25) is 4.79 Å². The van der Waals surface area contributed by atoms with Gasteiger partial charge in [0.1, 0.15) is 17.9 Å². The maximum atomic E-state index is 13.4. The van der Waals surface area contributed by atoms with Crippen molar-refractivity contribution >= 4 is 16.8 Å². The van der Waals surface area contributed by atoms with Crippen LogP contribution in [0.3, 0.4) is 0 Å². The third-order valence-electron chi connectivity index (χ3n) is 5.84. The predicted octanol–water partition coefficient (Wildman–Crippen LogP) is 5.13. The summed E-state index contributed by atoms with van der Waals surface area (Å²) in [5.74, 6) is 0.527. The number of amides is 1. The summed E-state index contributed by atoms with van der Waals surface area (Å²) in [6, 6.07) is 13.8. The number of ether oxygens (including phenoxy) is 1. The van der Waals surface area contributed by atoms with Gasteiger partial charge < -0.3 is 9.64 Å². The van der Waals surface area contributed by atoms with E-state index in [0.29, 0.717) is 24.7 Å². The highest BCUT2D eigenvalue weighted by atomic mass is 19.1. The molecule has 0 bridgehead atoms. The second-order valence-electron chi connectivity index (χ2n) is 7.94. The second kappa shape index (κ2) is 8.78. The minimum Gasteiger partial charge on any atom is -0.439 e.